The van der Waals surface area contributed by atoms with E-state index in [9.17, 15) is 14.4 Å². The molecule has 0 saturated heterocycles. The van der Waals surface area contributed by atoms with Crippen LogP contribution >= 0.6 is 11.3 Å². The number of esters is 1. The second-order valence-electron chi connectivity index (χ2n) is 8.73. The van der Waals surface area contributed by atoms with Gasteiger partial charge in [0.15, 0.2) is 0 Å². The van der Waals surface area contributed by atoms with Crippen LogP contribution in [0.25, 0.3) is 0 Å². The summed E-state index contributed by atoms with van der Waals surface area (Å²) in [5.41, 5.74) is 3.18. The molecule has 0 aliphatic rings. The molecule has 7 nitrogen and oxygen atoms in total. The van der Waals surface area contributed by atoms with E-state index in [-0.39, 0.29) is 35.9 Å². The zero-order chi connectivity index (χ0) is 24.1. The van der Waals surface area contributed by atoms with Gasteiger partial charge in [0.2, 0.25) is 5.91 Å². The Labute approximate surface area is 194 Å². The zero-order valence-corrected chi connectivity index (χ0v) is 20.7. The van der Waals surface area contributed by atoms with E-state index in [1.165, 1.54) is 12.6 Å². The number of nitrogens with one attached hydrogen (secondary N) is 2. The Balaban J connectivity index is 2.11. The minimum Gasteiger partial charge on any atom is -0.462 e. The van der Waals surface area contributed by atoms with Crippen LogP contribution in [0.5, 0.6) is 0 Å². The molecular formula is C24H33N3O4S. The molecule has 0 atom stereocenters. The fourth-order valence-corrected chi connectivity index (χ4v) is 4.43. The van der Waals surface area contributed by atoms with Crippen LogP contribution < -0.4 is 10.6 Å². The lowest BCUT2D eigenvalue weighted by atomic mass is 9.87. The van der Waals surface area contributed by atoms with Crippen molar-refractivity contribution in [3.8, 4) is 0 Å². The Morgan fingerprint density at radius 3 is 2.28 bits per heavy atom. The average Bonchev–Trinajstić information content (AvgIpc) is 3.02. The number of carbonyl (C=O) groups excluding carboxylic acids is 3. The molecule has 0 unspecified atom stereocenters. The maximum atomic E-state index is 12.7. The zero-order valence-electron chi connectivity index (χ0n) is 19.9. The highest BCUT2D eigenvalue weighted by molar-refractivity contribution is 7.18. The molecule has 1 aromatic carbocycles. The summed E-state index contributed by atoms with van der Waals surface area (Å²) in [5.74, 6) is -1.14. The number of thiophene rings is 1. The first-order chi connectivity index (χ1) is 15.0. The summed E-state index contributed by atoms with van der Waals surface area (Å²) in [6.45, 7) is 10.8. The summed E-state index contributed by atoms with van der Waals surface area (Å²) < 4.78 is 5.13. The molecule has 32 heavy (non-hydrogen) atoms. The van der Waals surface area contributed by atoms with Crippen LogP contribution in [0.1, 0.15) is 64.4 Å². The molecule has 2 rings (SSSR count). The van der Waals surface area contributed by atoms with Crippen molar-refractivity contribution in [1.29, 1.82) is 0 Å². The third-order valence-electron chi connectivity index (χ3n) is 5.00. The summed E-state index contributed by atoms with van der Waals surface area (Å²) in [4.78, 5) is 39.6. The van der Waals surface area contributed by atoms with Crippen molar-refractivity contribution >= 4 is 34.1 Å². The quantitative estimate of drug-likeness (QED) is 0.584. The van der Waals surface area contributed by atoms with E-state index in [0.717, 1.165) is 16.9 Å². The third kappa shape index (κ3) is 6.40. The number of likely N-dealkylation sites (N-methyl/N-ethyl adjacent to an activating group) is 1. The molecule has 8 heteroatoms. The van der Waals surface area contributed by atoms with Crippen LogP contribution in [0, 0.1) is 6.92 Å². The number of nitrogens with zero attached hydrogens (tertiary/aromatic N) is 1. The Morgan fingerprint density at radius 2 is 1.75 bits per heavy atom. The van der Waals surface area contributed by atoms with Crippen LogP contribution in [0.15, 0.2) is 24.3 Å². The molecule has 2 amide bonds. The predicted molar refractivity (Wildman–Crippen MR) is 129 cm³/mol. The molecule has 2 aromatic rings. The number of hydrogen-bond donors (Lipinski definition) is 2. The van der Waals surface area contributed by atoms with E-state index in [1.54, 1.807) is 13.8 Å². The third-order valence-corrected chi connectivity index (χ3v) is 6.20. The molecule has 0 bridgehead atoms. The molecule has 1 aromatic heterocycles. The maximum absolute atomic E-state index is 12.7. The van der Waals surface area contributed by atoms with E-state index in [4.69, 9.17) is 4.74 Å². The average molecular weight is 460 g/mol. The second-order valence-corrected chi connectivity index (χ2v) is 9.75. The van der Waals surface area contributed by atoms with Gasteiger partial charge in [0.1, 0.15) is 5.00 Å². The second kappa shape index (κ2) is 10.7. The number of benzene rings is 1. The van der Waals surface area contributed by atoms with Crippen LogP contribution in [0.3, 0.4) is 0 Å². The number of anilines is 1. The van der Waals surface area contributed by atoms with Crippen LogP contribution in [-0.4, -0.2) is 49.9 Å². The van der Waals surface area contributed by atoms with E-state index in [1.807, 2.05) is 11.9 Å². The normalized spacial score (nSPS) is 11.4. The molecule has 0 fully saturated rings. The molecule has 0 saturated carbocycles. The van der Waals surface area contributed by atoms with Gasteiger partial charge in [0, 0.05) is 13.6 Å². The standard InChI is InChI=1S/C24H33N3O4S/c1-8-31-23(30)19-15(2)20(21(29)25-6)32-22(19)26-18(28)14-27(7)13-16-9-11-17(12-10-16)24(3,4)5/h9-12H,8,13-14H2,1-7H3,(H,25,29)(H,26,28). The summed E-state index contributed by atoms with van der Waals surface area (Å²) in [6.07, 6.45) is 0. The van der Waals surface area contributed by atoms with Crippen molar-refractivity contribution in [2.45, 2.75) is 46.6 Å². The maximum Gasteiger partial charge on any atom is 0.341 e. The van der Waals surface area contributed by atoms with Gasteiger partial charge in [-0.3, -0.25) is 14.5 Å². The molecule has 0 aliphatic heterocycles. The first-order valence-electron chi connectivity index (χ1n) is 10.6. The highest BCUT2D eigenvalue weighted by Gasteiger charge is 2.26. The number of rotatable bonds is 8. The van der Waals surface area contributed by atoms with Crippen LogP contribution in [0.4, 0.5) is 5.00 Å². The Morgan fingerprint density at radius 1 is 1.12 bits per heavy atom. The van der Waals surface area contributed by atoms with Gasteiger partial charge in [-0.05, 0) is 43.0 Å². The predicted octanol–water partition coefficient (Wildman–Crippen LogP) is 3.96. The highest BCUT2D eigenvalue weighted by atomic mass is 32.1. The van der Waals surface area contributed by atoms with Gasteiger partial charge in [-0.1, -0.05) is 45.0 Å². The molecule has 0 aliphatic carbocycles. The largest absolute Gasteiger partial charge is 0.462 e. The van der Waals surface area contributed by atoms with E-state index in [2.05, 4.69) is 55.7 Å². The molecule has 0 spiro atoms. The highest BCUT2D eigenvalue weighted by Crippen LogP contribution is 2.33. The number of carbonyl (C=O) groups is 3. The summed E-state index contributed by atoms with van der Waals surface area (Å²) in [6, 6.07) is 8.38. The Hall–Kier alpha value is -2.71. The molecule has 2 N–H and O–H groups in total. The molecular weight excluding hydrogens is 426 g/mol. The van der Waals surface area contributed by atoms with Crippen molar-refractivity contribution in [3.63, 3.8) is 0 Å². The van der Waals surface area contributed by atoms with Crippen molar-refractivity contribution in [1.82, 2.24) is 10.2 Å². The lowest BCUT2D eigenvalue weighted by Crippen LogP contribution is -2.30. The monoisotopic (exact) mass is 459 g/mol. The van der Waals surface area contributed by atoms with Crippen molar-refractivity contribution in [2.75, 3.05) is 32.6 Å². The lowest BCUT2D eigenvalue weighted by Gasteiger charge is -2.20. The van der Waals surface area contributed by atoms with E-state index >= 15 is 0 Å². The molecule has 1 heterocycles. The molecule has 0 radical (unpaired) electrons. The number of hydrogen-bond acceptors (Lipinski definition) is 6. The fraction of sp³-hybridized carbons (Fsp3) is 0.458. The molecule has 174 valence electrons. The Kier molecular flexibility index (Phi) is 8.58. The number of ether oxygens (including phenoxy) is 1. The first-order valence-corrected chi connectivity index (χ1v) is 11.4. The van der Waals surface area contributed by atoms with Gasteiger partial charge in [0.25, 0.3) is 5.91 Å². The van der Waals surface area contributed by atoms with E-state index < -0.39 is 5.97 Å². The summed E-state index contributed by atoms with van der Waals surface area (Å²) >= 11 is 1.07. The Bertz CT molecular complexity index is 974. The van der Waals surface area contributed by atoms with Gasteiger partial charge in [0.05, 0.1) is 23.6 Å². The van der Waals surface area contributed by atoms with Gasteiger partial charge >= 0.3 is 5.97 Å². The van der Waals surface area contributed by atoms with E-state index in [0.29, 0.717) is 22.0 Å². The van der Waals surface area contributed by atoms with Gasteiger partial charge in [-0.25, -0.2) is 4.79 Å². The van der Waals surface area contributed by atoms with Crippen LogP contribution in [-0.2, 0) is 21.5 Å². The lowest BCUT2D eigenvalue weighted by molar-refractivity contribution is -0.117. The number of amides is 2. The minimum atomic E-state index is -0.556. The van der Waals surface area contributed by atoms with Gasteiger partial charge in [-0.15, -0.1) is 11.3 Å². The first kappa shape index (κ1) is 25.5. The summed E-state index contributed by atoms with van der Waals surface area (Å²) in [5, 5.41) is 5.68. The van der Waals surface area contributed by atoms with Crippen molar-refractivity contribution in [3.05, 3.63) is 51.4 Å². The van der Waals surface area contributed by atoms with Gasteiger partial charge in [-0.2, -0.15) is 0 Å². The van der Waals surface area contributed by atoms with Crippen LogP contribution in [0.2, 0.25) is 0 Å². The SMILES string of the molecule is CCOC(=O)c1c(NC(=O)CN(C)Cc2ccc(C(C)(C)C)cc2)sc(C(=O)NC)c1C. The fourth-order valence-electron chi connectivity index (χ4n) is 3.27. The minimum absolute atomic E-state index is 0.0906. The smallest absolute Gasteiger partial charge is 0.341 e. The summed E-state index contributed by atoms with van der Waals surface area (Å²) in [7, 11) is 3.38. The van der Waals surface area contributed by atoms with Crippen molar-refractivity contribution in [2.24, 2.45) is 0 Å². The van der Waals surface area contributed by atoms with Crippen molar-refractivity contribution < 1.29 is 19.1 Å². The topological polar surface area (TPSA) is 87.7 Å². The van der Waals surface area contributed by atoms with Gasteiger partial charge < -0.3 is 15.4 Å².